The summed E-state index contributed by atoms with van der Waals surface area (Å²) in [5.74, 6) is -2.70. The molecule has 0 aliphatic rings. The zero-order valence-corrected chi connectivity index (χ0v) is 71.6. The van der Waals surface area contributed by atoms with E-state index in [4.69, 9.17) is 112 Å². The highest BCUT2D eigenvalue weighted by atomic mass is 16.4. The van der Waals surface area contributed by atoms with Gasteiger partial charge in [0, 0.05) is 25.7 Å². The predicted octanol–water partition coefficient (Wildman–Crippen LogP) is 12.6. The SMILES string of the molecule is CC/C=C\C/C=C\C/C=C\CCCCCCCC(=O)O.CC/C=C\C/C=C\C/C=C\CCCCCCCC(=O)O.CC/C=C\C/C=C\C/C=C\CCCCCCCC(=O)O.CC/C=C\C/C=C\C/C=C\CCCCCCCC(=O)O.OCC(O)CO.OCC(O)CO.OCC(O)CO.OCC(O)CO.OCC(O)CO.OCC(O)CO. The first kappa shape index (κ1) is 131. The van der Waals surface area contributed by atoms with Crippen LogP contribution in [0.5, 0.6) is 0 Å². The molecule has 0 saturated heterocycles. The maximum absolute atomic E-state index is 10.3. The number of aliphatic hydroxyl groups excluding tert-OH is 18. The van der Waals surface area contributed by atoms with E-state index in [2.05, 4.69) is 174 Å². The average Bonchev–Trinajstić information content (AvgIpc) is 1.36. The summed E-state index contributed by atoms with van der Waals surface area (Å²) in [7, 11) is 0. The van der Waals surface area contributed by atoms with Gasteiger partial charge >= 0.3 is 23.9 Å². The highest BCUT2D eigenvalue weighted by Gasteiger charge is 2.02. The first-order valence-corrected chi connectivity index (χ1v) is 42.0. The van der Waals surface area contributed by atoms with Crippen LogP contribution in [0.15, 0.2) is 146 Å². The molecule has 0 amide bonds. The zero-order chi connectivity index (χ0) is 89.5. The predicted molar refractivity (Wildman–Crippen MR) is 469 cm³/mol. The van der Waals surface area contributed by atoms with Crippen LogP contribution in [0, 0.1) is 0 Å². The van der Waals surface area contributed by atoms with Crippen LogP contribution >= 0.6 is 0 Å². The van der Waals surface area contributed by atoms with Crippen molar-refractivity contribution in [2.45, 2.75) is 321 Å². The number of aliphatic hydroxyl groups is 18. The van der Waals surface area contributed by atoms with Gasteiger partial charge in [0.05, 0.1) is 79.3 Å². The van der Waals surface area contributed by atoms with Gasteiger partial charge in [0.1, 0.15) is 36.6 Å². The Balaban J connectivity index is -0.000000141. The number of rotatable bonds is 64. The third-order valence-electron chi connectivity index (χ3n) is 14.7. The van der Waals surface area contributed by atoms with E-state index in [-0.39, 0.29) is 79.3 Å². The van der Waals surface area contributed by atoms with Crippen LogP contribution in [0.1, 0.15) is 285 Å². The maximum atomic E-state index is 10.3. The lowest BCUT2D eigenvalue weighted by Crippen LogP contribution is -2.15. The van der Waals surface area contributed by atoms with Gasteiger partial charge in [-0.1, -0.05) is 251 Å². The minimum absolute atomic E-state index is 0.319. The van der Waals surface area contributed by atoms with Gasteiger partial charge in [0.15, 0.2) is 0 Å². The summed E-state index contributed by atoms with van der Waals surface area (Å²) in [5.41, 5.74) is 0. The minimum Gasteiger partial charge on any atom is -0.481 e. The summed E-state index contributed by atoms with van der Waals surface area (Å²) >= 11 is 0. The third-order valence-corrected chi connectivity index (χ3v) is 14.7. The van der Waals surface area contributed by atoms with E-state index in [1.807, 2.05) is 0 Å². The van der Waals surface area contributed by atoms with Gasteiger partial charge in [-0.25, -0.2) is 0 Å². The van der Waals surface area contributed by atoms with Crippen molar-refractivity contribution >= 4 is 23.9 Å². The molecule has 0 heterocycles. The van der Waals surface area contributed by atoms with E-state index in [1.165, 1.54) is 51.4 Å². The Kier molecular flexibility index (Phi) is 143. The molecule has 0 bridgehead atoms. The lowest BCUT2D eigenvalue weighted by Gasteiger charge is -1.98. The molecule has 26 nitrogen and oxygen atoms in total. The Hall–Kier alpha value is -5.96. The maximum Gasteiger partial charge on any atom is 0.303 e. The number of hydrogen-bond donors (Lipinski definition) is 22. The Morgan fingerprint density at radius 3 is 0.405 bits per heavy atom. The van der Waals surface area contributed by atoms with Crippen molar-refractivity contribution in [1.29, 1.82) is 0 Å². The van der Waals surface area contributed by atoms with Crippen molar-refractivity contribution in [3.63, 3.8) is 0 Å². The van der Waals surface area contributed by atoms with Gasteiger partial charge in [-0.15, -0.1) is 0 Å². The van der Waals surface area contributed by atoms with Crippen LogP contribution in [0.4, 0.5) is 0 Å². The fourth-order valence-electron chi connectivity index (χ4n) is 7.93. The highest BCUT2D eigenvalue weighted by molar-refractivity contribution is 5.67. The van der Waals surface area contributed by atoms with E-state index in [9.17, 15) is 19.2 Å². The topological polar surface area (TPSA) is 513 Å². The van der Waals surface area contributed by atoms with Crippen LogP contribution < -0.4 is 0 Å². The van der Waals surface area contributed by atoms with Crippen LogP contribution in [0.2, 0.25) is 0 Å². The number of carboxylic acids is 4. The molecule has 0 aliphatic carbocycles. The summed E-state index contributed by atoms with van der Waals surface area (Å²) in [5, 5.41) is 178. The van der Waals surface area contributed by atoms with Crippen molar-refractivity contribution in [1.82, 2.24) is 0 Å². The first-order valence-electron chi connectivity index (χ1n) is 42.0. The molecular weight excluding hydrogens is 1500 g/mol. The first-order chi connectivity index (χ1) is 55.9. The van der Waals surface area contributed by atoms with E-state index in [1.54, 1.807) is 0 Å². The molecule has 0 radical (unpaired) electrons. The molecule has 0 aromatic carbocycles. The molecule has 0 unspecified atom stereocenters. The molecule has 0 atom stereocenters. The lowest BCUT2D eigenvalue weighted by molar-refractivity contribution is -0.138. The molecule has 0 rings (SSSR count). The van der Waals surface area contributed by atoms with Gasteiger partial charge in [-0.2, -0.15) is 0 Å². The molecule has 684 valence electrons. The normalized spacial score (nSPS) is 11.4. The molecule has 22 N–H and O–H groups in total. The number of allylic oxidation sites excluding steroid dienone is 24. The quantitative estimate of drug-likeness (QED) is 0.0199. The molecule has 26 heteroatoms. The average molecular weight is 1670 g/mol. The van der Waals surface area contributed by atoms with E-state index in [0.29, 0.717) is 25.7 Å². The molecule has 0 aromatic rings. The number of unbranched alkanes of at least 4 members (excludes halogenated alkanes) is 20. The number of carboxylic acid groups (broad SMARTS) is 4. The van der Waals surface area contributed by atoms with Gasteiger partial charge in [0.25, 0.3) is 0 Å². The zero-order valence-electron chi connectivity index (χ0n) is 71.6. The smallest absolute Gasteiger partial charge is 0.303 e. The molecular formula is C90H168O26. The summed E-state index contributed by atoms with van der Waals surface area (Å²) in [4.78, 5) is 41.3. The fourth-order valence-corrected chi connectivity index (χ4v) is 7.93. The Bertz CT molecular complexity index is 1910. The van der Waals surface area contributed by atoms with Gasteiger partial charge in [-0.3, -0.25) is 19.2 Å². The standard InChI is InChI=1S/4C18H30O2.6C3H8O3/c4*1-2-3-4-5-6-7-8-9-10-11-12-13-14-15-16-17-18(19)20;6*4-1-3(6)2-5/h4*3-4,6-7,9-10H,2,5,8,11-17H2,1H3,(H,19,20);6*3-6H,1-2H2/b4*4-3-,7-6-,10-9-;;;;;;. The Morgan fingerprint density at radius 2 is 0.293 bits per heavy atom. The molecule has 0 saturated carbocycles. The van der Waals surface area contributed by atoms with Crippen molar-refractivity contribution in [2.75, 3.05) is 79.3 Å². The van der Waals surface area contributed by atoms with E-state index in [0.717, 1.165) is 180 Å². The molecule has 0 fully saturated rings. The monoisotopic (exact) mass is 1670 g/mol. The van der Waals surface area contributed by atoms with Crippen molar-refractivity contribution in [3.8, 4) is 0 Å². The van der Waals surface area contributed by atoms with E-state index < -0.39 is 60.5 Å². The van der Waals surface area contributed by atoms with Gasteiger partial charge in [-0.05, 0) is 154 Å². The Labute approximate surface area is 698 Å². The summed E-state index contributed by atoms with van der Waals surface area (Å²) in [6, 6.07) is 0. The van der Waals surface area contributed by atoms with Crippen molar-refractivity contribution < 1.29 is 132 Å². The van der Waals surface area contributed by atoms with E-state index >= 15 is 0 Å². The molecule has 0 aliphatic heterocycles. The highest BCUT2D eigenvalue weighted by Crippen LogP contribution is 2.12. The molecule has 0 spiro atoms. The minimum atomic E-state index is -0.954. The second-order valence-electron chi connectivity index (χ2n) is 26.1. The number of aliphatic carboxylic acids is 4. The van der Waals surface area contributed by atoms with Crippen LogP contribution in [0.3, 0.4) is 0 Å². The number of carbonyl (C=O) groups is 4. The van der Waals surface area contributed by atoms with Crippen LogP contribution in [-0.2, 0) is 19.2 Å². The van der Waals surface area contributed by atoms with Crippen molar-refractivity contribution in [2.24, 2.45) is 0 Å². The third kappa shape index (κ3) is 167. The van der Waals surface area contributed by atoms with Crippen molar-refractivity contribution in [3.05, 3.63) is 146 Å². The summed E-state index contributed by atoms with van der Waals surface area (Å²) in [6.07, 6.45) is 87.8. The van der Waals surface area contributed by atoms with Gasteiger partial charge < -0.3 is 112 Å². The number of hydrogen-bond acceptors (Lipinski definition) is 22. The summed E-state index contributed by atoms with van der Waals surface area (Å²) in [6.45, 7) is 4.22. The van der Waals surface area contributed by atoms with Gasteiger partial charge in [0.2, 0.25) is 0 Å². The Morgan fingerprint density at radius 1 is 0.181 bits per heavy atom. The van der Waals surface area contributed by atoms with Crippen LogP contribution in [-0.4, -0.2) is 252 Å². The largest absolute Gasteiger partial charge is 0.481 e. The lowest BCUT2D eigenvalue weighted by atomic mass is 10.1. The molecule has 0 aromatic heterocycles. The molecule has 116 heavy (non-hydrogen) atoms. The second-order valence-corrected chi connectivity index (χ2v) is 26.1. The van der Waals surface area contributed by atoms with Crippen LogP contribution in [0.25, 0.3) is 0 Å². The second kappa shape index (κ2) is 127. The fraction of sp³-hybridized carbons (Fsp3) is 0.689. The summed E-state index contributed by atoms with van der Waals surface area (Å²) < 4.78 is 0.